The van der Waals surface area contributed by atoms with Crippen molar-refractivity contribution in [2.45, 2.75) is 6.92 Å². The predicted molar refractivity (Wildman–Crippen MR) is 70.4 cm³/mol. The number of nitrogens with zero attached hydrogens (tertiary/aromatic N) is 4. The minimum Gasteiger partial charge on any atom is -0.384 e. The van der Waals surface area contributed by atoms with Gasteiger partial charge in [0.2, 0.25) is 0 Å². The number of halogens is 1. The molecule has 0 saturated carbocycles. The van der Waals surface area contributed by atoms with Gasteiger partial charge in [-0.25, -0.2) is 15.0 Å². The Hall–Kier alpha value is -2.14. The molecule has 2 N–H and O–H groups in total. The van der Waals surface area contributed by atoms with E-state index in [0.717, 1.165) is 16.9 Å². The first kappa shape index (κ1) is 11.0. The van der Waals surface area contributed by atoms with Gasteiger partial charge in [-0.1, -0.05) is 17.7 Å². The van der Waals surface area contributed by atoms with Gasteiger partial charge in [-0.2, -0.15) is 0 Å². The lowest BCUT2D eigenvalue weighted by atomic mass is 10.3. The fourth-order valence-corrected chi connectivity index (χ4v) is 1.99. The van der Waals surface area contributed by atoms with E-state index in [4.69, 9.17) is 17.3 Å². The van der Waals surface area contributed by atoms with Crippen LogP contribution in [0.25, 0.3) is 17.2 Å². The third kappa shape index (κ3) is 1.78. The Kier molecular flexibility index (Phi) is 2.41. The molecule has 0 atom stereocenters. The van der Waals surface area contributed by atoms with Crippen LogP contribution in [0.5, 0.6) is 0 Å². The Morgan fingerprint density at radius 3 is 2.89 bits per heavy atom. The van der Waals surface area contributed by atoms with E-state index in [1.54, 1.807) is 6.20 Å². The number of anilines is 1. The highest BCUT2D eigenvalue weighted by Gasteiger charge is 2.10. The number of aryl methyl sites for hydroxylation is 1. The zero-order valence-corrected chi connectivity index (χ0v) is 10.4. The molecule has 3 aromatic rings. The fourth-order valence-electron chi connectivity index (χ4n) is 1.80. The first-order valence-corrected chi connectivity index (χ1v) is 5.75. The molecule has 3 rings (SSSR count). The van der Waals surface area contributed by atoms with Crippen LogP contribution in [0.4, 0.5) is 5.82 Å². The van der Waals surface area contributed by atoms with Crippen molar-refractivity contribution in [2.75, 3.05) is 5.73 Å². The van der Waals surface area contributed by atoms with E-state index >= 15 is 0 Å². The van der Waals surface area contributed by atoms with Crippen molar-refractivity contribution in [3.05, 3.63) is 41.3 Å². The highest BCUT2D eigenvalue weighted by atomic mass is 35.5. The highest BCUT2D eigenvalue weighted by Crippen LogP contribution is 2.20. The van der Waals surface area contributed by atoms with Gasteiger partial charge in [0.25, 0.3) is 0 Å². The maximum absolute atomic E-state index is 5.89. The summed E-state index contributed by atoms with van der Waals surface area (Å²) < 4.78 is 1.92. The quantitative estimate of drug-likeness (QED) is 0.681. The van der Waals surface area contributed by atoms with E-state index in [1.165, 1.54) is 6.07 Å². The van der Waals surface area contributed by atoms with Gasteiger partial charge in [0, 0.05) is 12.3 Å². The summed E-state index contributed by atoms with van der Waals surface area (Å²) in [5.74, 6) is 0.811. The number of rotatable bonds is 1. The molecule has 0 saturated heterocycles. The van der Waals surface area contributed by atoms with Gasteiger partial charge in [-0.15, -0.1) is 0 Å². The largest absolute Gasteiger partial charge is 0.384 e. The van der Waals surface area contributed by atoms with E-state index in [0.29, 0.717) is 16.8 Å². The summed E-state index contributed by atoms with van der Waals surface area (Å²) >= 11 is 5.89. The van der Waals surface area contributed by atoms with Crippen molar-refractivity contribution < 1.29 is 0 Å². The molecule has 0 aliphatic heterocycles. The number of hydrogen-bond acceptors (Lipinski definition) is 4. The second-order valence-corrected chi connectivity index (χ2v) is 4.40. The van der Waals surface area contributed by atoms with Crippen LogP contribution in [-0.2, 0) is 0 Å². The van der Waals surface area contributed by atoms with Crippen molar-refractivity contribution >= 4 is 23.1 Å². The summed E-state index contributed by atoms with van der Waals surface area (Å²) in [6, 6.07) is 5.45. The summed E-state index contributed by atoms with van der Waals surface area (Å²) in [4.78, 5) is 12.6. The predicted octanol–water partition coefficient (Wildman–Crippen LogP) is 2.34. The molecule has 0 bridgehead atoms. The van der Waals surface area contributed by atoms with E-state index < -0.39 is 0 Å². The second-order valence-electron chi connectivity index (χ2n) is 4.02. The number of nitrogens with two attached hydrogens (primary N) is 1. The number of aromatic nitrogens is 4. The molecule has 0 spiro atoms. The first-order chi connectivity index (χ1) is 8.63. The van der Waals surface area contributed by atoms with Gasteiger partial charge >= 0.3 is 0 Å². The van der Waals surface area contributed by atoms with E-state index in [9.17, 15) is 0 Å². The maximum atomic E-state index is 5.89. The summed E-state index contributed by atoms with van der Waals surface area (Å²) in [5, 5.41) is 0.320. The molecule has 18 heavy (non-hydrogen) atoms. The van der Waals surface area contributed by atoms with Crippen LogP contribution < -0.4 is 5.73 Å². The minimum atomic E-state index is 0.320. The van der Waals surface area contributed by atoms with Crippen molar-refractivity contribution in [1.82, 2.24) is 19.4 Å². The smallest absolute Gasteiger partial charge is 0.181 e. The Labute approximate surface area is 108 Å². The van der Waals surface area contributed by atoms with Gasteiger partial charge in [0.05, 0.1) is 6.20 Å². The van der Waals surface area contributed by atoms with Crippen LogP contribution >= 0.6 is 11.6 Å². The minimum absolute atomic E-state index is 0.320. The number of pyridine rings is 1. The Bertz CT molecular complexity index is 714. The maximum Gasteiger partial charge on any atom is 0.181 e. The molecule has 0 aliphatic rings. The lowest BCUT2D eigenvalue weighted by molar-refractivity contribution is 1.10. The molecule has 0 radical (unpaired) electrons. The number of imidazole rings is 1. The average Bonchev–Trinajstić information content (AvgIpc) is 2.70. The molecule has 90 valence electrons. The third-order valence-corrected chi connectivity index (χ3v) is 2.79. The van der Waals surface area contributed by atoms with Crippen LogP contribution in [0.2, 0.25) is 5.15 Å². The number of nitrogen functional groups attached to an aromatic ring is 1. The zero-order chi connectivity index (χ0) is 12.7. The normalized spacial score (nSPS) is 11.0. The second kappa shape index (κ2) is 3.96. The third-order valence-electron chi connectivity index (χ3n) is 2.60. The topological polar surface area (TPSA) is 69.1 Å². The number of fused-ring (bicyclic) bond motifs is 1. The lowest BCUT2D eigenvalue weighted by Crippen LogP contribution is -1.98. The molecule has 0 aliphatic carbocycles. The standard InChI is InChI=1S/C12H10ClN5/c1-7-2-3-11-15-5-8(18(11)6-7)12-16-9(13)4-10(14)17-12/h2-6H,1H3,(H2,14,16,17). The Balaban J connectivity index is 2.27. The lowest BCUT2D eigenvalue weighted by Gasteiger charge is -2.03. The molecule has 0 aromatic carbocycles. The molecule has 3 aromatic heterocycles. The molecule has 6 heteroatoms. The zero-order valence-electron chi connectivity index (χ0n) is 9.63. The van der Waals surface area contributed by atoms with Crippen molar-refractivity contribution in [3.8, 4) is 11.5 Å². The van der Waals surface area contributed by atoms with Gasteiger partial charge < -0.3 is 5.73 Å². The monoisotopic (exact) mass is 259 g/mol. The molecule has 5 nitrogen and oxygen atoms in total. The number of hydrogen-bond donors (Lipinski definition) is 1. The van der Waals surface area contributed by atoms with Gasteiger partial charge in [-0.05, 0) is 18.6 Å². The molecule has 0 amide bonds. The van der Waals surface area contributed by atoms with Crippen LogP contribution in [0.3, 0.4) is 0 Å². The van der Waals surface area contributed by atoms with Crippen molar-refractivity contribution in [2.24, 2.45) is 0 Å². The van der Waals surface area contributed by atoms with Gasteiger partial charge in [-0.3, -0.25) is 4.40 Å². The summed E-state index contributed by atoms with van der Waals surface area (Å²) in [6.07, 6.45) is 3.68. The van der Waals surface area contributed by atoms with Crippen LogP contribution in [-0.4, -0.2) is 19.4 Å². The van der Waals surface area contributed by atoms with E-state index in [-0.39, 0.29) is 0 Å². The molecule has 0 unspecified atom stereocenters. The van der Waals surface area contributed by atoms with Crippen LogP contribution in [0.1, 0.15) is 5.56 Å². The molecular weight excluding hydrogens is 250 g/mol. The molecule has 0 fully saturated rings. The van der Waals surface area contributed by atoms with Crippen LogP contribution in [0.15, 0.2) is 30.6 Å². The fraction of sp³-hybridized carbons (Fsp3) is 0.0833. The summed E-state index contributed by atoms with van der Waals surface area (Å²) in [6.45, 7) is 2.01. The molecule has 3 heterocycles. The SMILES string of the molecule is Cc1ccc2ncc(-c3nc(N)cc(Cl)n3)n2c1. The average molecular weight is 260 g/mol. The Morgan fingerprint density at radius 1 is 1.28 bits per heavy atom. The van der Waals surface area contributed by atoms with Gasteiger partial charge in [0.1, 0.15) is 22.3 Å². The van der Waals surface area contributed by atoms with Crippen molar-refractivity contribution in [3.63, 3.8) is 0 Å². The van der Waals surface area contributed by atoms with E-state index in [1.807, 2.05) is 29.7 Å². The van der Waals surface area contributed by atoms with Crippen molar-refractivity contribution in [1.29, 1.82) is 0 Å². The summed E-state index contributed by atoms with van der Waals surface area (Å²) in [7, 11) is 0. The first-order valence-electron chi connectivity index (χ1n) is 5.37. The van der Waals surface area contributed by atoms with E-state index in [2.05, 4.69) is 15.0 Å². The van der Waals surface area contributed by atoms with Gasteiger partial charge in [0.15, 0.2) is 5.82 Å². The van der Waals surface area contributed by atoms with Crippen LogP contribution in [0, 0.1) is 6.92 Å². The molecular formula is C12H10ClN5. The Morgan fingerprint density at radius 2 is 2.11 bits per heavy atom. The highest BCUT2D eigenvalue weighted by molar-refractivity contribution is 6.29. The summed E-state index contributed by atoms with van der Waals surface area (Å²) in [5.41, 5.74) is 8.39.